The highest BCUT2D eigenvalue weighted by atomic mass is 79.9. The van der Waals surface area contributed by atoms with Gasteiger partial charge in [0.15, 0.2) is 0 Å². The van der Waals surface area contributed by atoms with Gasteiger partial charge < -0.3 is 0 Å². The van der Waals surface area contributed by atoms with Gasteiger partial charge in [-0.15, -0.1) is 0 Å². The van der Waals surface area contributed by atoms with Gasteiger partial charge >= 0.3 is 0 Å². The Kier molecular flexibility index (Phi) is 3.42. The van der Waals surface area contributed by atoms with Crippen LogP contribution in [0, 0.1) is 11.3 Å². The van der Waals surface area contributed by atoms with Crippen LogP contribution in [0.15, 0.2) is 23.1 Å². The summed E-state index contributed by atoms with van der Waals surface area (Å²) in [5.74, 6) is 0. The van der Waals surface area contributed by atoms with Crippen molar-refractivity contribution in [3.05, 3.63) is 28.8 Å². The summed E-state index contributed by atoms with van der Waals surface area (Å²) >= 11 is 3.18. The molecule has 12 heavy (non-hydrogen) atoms. The van der Waals surface area contributed by atoms with E-state index >= 15 is 0 Å². The van der Waals surface area contributed by atoms with E-state index in [9.17, 15) is 0 Å². The summed E-state index contributed by atoms with van der Waals surface area (Å²) in [4.78, 5) is 8.02. The first kappa shape index (κ1) is 8.88. The number of rotatable bonds is 2. The van der Waals surface area contributed by atoms with Crippen molar-refractivity contribution in [1.82, 2.24) is 9.97 Å². The smallest absolute Gasteiger partial charge is 0.124 e. The lowest BCUT2D eigenvalue weighted by atomic mass is 10.3. The fourth-order valence-electron chi connectivity index (χ4n) is 0.641. The van der Waals surface area contributed by atoms with Gasteiger partial charge in [0.25, 0.3) is 0 Å². The third-order valence-corrected chi connectivity index (χ3v) is 1.55. The molecule has 60 valence electrons. The first-order valence-corrected chi connectivity index (χ1v) is 4.13. The standard InChI is InChI=1S/C8H6BrN3/c9-8-6-11-7(5-12-8)3-1-2-4-10/h1,3,5-6H,2H2. The van der Waals surface area contributed by atoms with Crippen LogP contribution in [0.1, 0.15) is 12.1 Å². The molecule has 0 aliphatic carbocycles. The second-order valence-corrected chi connectivity index (χ2v) is 2.84. The van der Waals surface area contributed by atoms with E-state index in [-0.39, 0.29) is 0 Å². The fraction of sp³-hybridized carbons (Fsp3) is 0.125. The lowest BCUT2D eigenvalue weighted by molar-refractivity contribution is 1.14. The highest BCUT2D eigenvalue weighted by Gasteiger charge is 1.88. The molecule has 3 nitrogen and oxygen atoms in total. The average molecular weight is 224 g/mol. The Hall–Kier alpha value is -1.21. The Labute approximate surface area is 78.9 Å². The zero-order valence-corrected chi connectivity index (χ0v) is 7.82. The molecule has 0 unspecified atom stereocenters. The summed E-state index contributed by atoms with van der Waals surface area (Å²) in [5.41, 5.74) is 0.758. The Morgan fingerprint density at radius 1 is 1.50 bits per heavy atom. The van der Waals surface area contributed by atoms with Crippen molar-refractivity contribution in [1.29, 1.82) is 5.26 Å². The van der Waals surface area contributed by atoms with Crippen LogP contribution in [-0.2, 0) is 0 Å². The monoisotopic (exact) mass is 223 g/mol. The van der Waals surface area contributed by atoms with Crippen molar-refractivity contribution < 1.29 is 0 Å². The van der Waals surface area contributed by atoms with Crippen LogP contribution in [0.4, 0.5) is 0 Å². The Morgan fingerprint density at radius 2 is 2.33 bits per heavy atom. The molecule has 0 bridgehead atoms. The van der Waals surface area contributed by atoms with Gasteiger partial charge in [-0.25, -0.2) is 4.98 Å². The average Bonchev–Trinajstić information content (AvgIpc) is 2.09. The van der Waals surface area contributed by atoms with Crippen LogP contribution in [0.25, 0.3) is 6.08 Å². The molecular weight excluding hydrogens is 218 g/mol. The minimum atomic E-state index is 0.401. The summed E-state index contributed by atoms with van der Waals surface area (Å²) in [6, 6.07) is 2.01. The molecule has 1 aromatic heterocycles. The first-order valence-electron chi connectivity index (χ1n) is 3.34. The van der Waals surface area contributed by atoms with Crippen LogP contribution >= 0.6 is 15.9 Å². The molecule has 0 aliphatic heterocycles. The lowest BCUT2D eigenvalue weighted by Crippen LogP contribution is -1.82. The van der Waals surface area contributed by atoms with Gasteiger partial charge in [-0.2, -0.15) is 5.26 Å². The van der Waals surface area contributed by atoms with Crippen LogP contribution in [0.3, 0.4) is 0 Å². The maximum Gasteiger partial charge on any atom is 0.124 e. The summed E-state index contributed by atoms with van der Waals surface area (Å²) in [7, 11) is 0. The second-order valence-electron chi connectivity index (χ2n) is 2.03. The molecule has 0 saturated heterocycles. The summed E-state index contributed by atoms with van der Waals surface area (Å²) < 4.78 is 0.708. The number of hydrogen-bond donors (Lipinski definition) is 0. The van der Waals surface area contributed by atoms with Crippen LogP contribution in [0.2, 0.25) is 0 Å². The SMILES string of the molecule is N#CCC=Cc1cnc(Br)cn1. The number of hydrogen-bond acceptors (Lipinski definition) is 3. The topological polar surface area (TPSA) is 49.6 Å². The molecule has 0 atom stereocenters. The van der Waals surface area contributed by atoms with Gasteiger partial charge in [0.2, 0.25) is 0 Å². The Morgan fingerprint density at radius 3 is 2.92 bits per heavy atom. The van der Waals surface area contributed by atoms with Crippen molar-refractivity contribution in [2.75, 3.05) is 0 Å². The Bertz CT molecular complexity index is 310. The molecule has 4 heteroatoms. The van der Waals surface area contributed by atoms with Gasteiger partial charge in [0.1, 0.15) is 4.60 Å². The molecule has 0 radical (unpaired) electrons. The number of aromatic nitrogens is 2. The van der Waals surface area contributed by atoms with Crippen LogP contribution < -0.4 is 0 Å². The van der Waals surface area contributed by atoms with Crippen molar-refractivity contribution in [2.24, 2.45) is 0 Å². The number of nitrogens with zero attached hydrogens (tertiary/aromatic N) is 3. The van der Waals surface area contributed by atoms with Crippen molar-refractivity contribution in [2.45, 2.75) is 6.42 Å². The van der Waals surface area contributed by atoms with E-state index in [0.717, 1.165) is 5.69 Å². The van der Waals surface area contributed by atoms with E-state index in [4.69, 9.17) is 5.26 Å². The molecule has 1 aromatic rings. The molecule has 0 aliphatic rings. The number of allylic oxidation sites excluding steroid dienone is 1. The normalized spacial score (nSPS) is 10.0. The maximum atomic E-state index is 8.24. The predicted molar refractivity (Wildman–Crippen MR) is 49.0 cm³/mol. The maximum absolute atomic E-state index is 8.24. The predicted octanol–water partition coefficient (Wildman–Crippen LogP) is 2.17. The molecule has 0 N–H and O–H groups in total. The summed E-state index contributed by atoms with van der Waals surface area (Å²) in [6.07, 6.45) is 7.17. The van der Waals surface area contributed by atoms with Gasteiger partial charge in [0, 0.05) is 0 Å². The zero-order chi connectivity index (χ0) is 8.81. The lowest BCUT2D eigenvalue weighted by Gasteiger charge is -1.90. The highest BCUT2D eigenvalue weighted by molar-refractivity contribution is 9.10. The molecule has 0 amide bonds. The molecule has 0 spiro atoms. The minimum absolute atomic E-state index is 0.401. The van der Waals surface area contributed by atoms with Gasteiger partial charge in [0.05, 0.1) is 30.6 Å². The molecular formula is C8H6BrN3. The van der Waals surface area contributed by atoms with Crippen molar-refractivity contribution >= 4 is 22.0 Å². The van der Waals surface area contributed by atoms with Crippen LogP contribution in [0.5, 0.6) is 0 Å². The largest absolute Gasteiger partial charge is 0.252 e. The third kappa shape index (κ3) is 2.81. The van der Waals surface area contributed by atoms with E-state index in [0.29, 0.717) is 11.0 Å². The van der Waals surface area contributed by atoms with Crippen LogP contribution in [-0.4, -0.2) is 9.97 Å². The quantitative estimate of drug-likeness (QED) is 0.773. The molecule has 1 rings (SSSR count). The fourth-order valence-corrected chi connectivity index (χ4v) is 0.845. The molecule has 0 aromatic carbocycles. The molecule has 0 fully saturated rings. The number of nitriles is 1. The highest BCUT2D eigenvalue weighted by Crippen LogP contribution is 2.03. The molecule has 0 saturated carbocycles. The van der Waals surface area contributed by atoms with E-state index in [1.165, 1.54) is 0 Å². The Balaban J connectivity index is 2.66. The molecule has 1 heterocycles. The summed E-state index contributed by atoms with van der Waals surface area (Å²) in [6.45, 7) is 0. The van der Waals surface area contributed by atoms with E-state index in [1.54, 1.807) is 24.5 Å². The second kappa shape index (κ2) is 4.62. The zero-order valence-electron chi connectivity index (χ0n) is 6.24. The van der Waals surface area contributed by atoms with Gasteiger partial charge in [-0.1, -0.05) is 6.08 Å². The summed E-state index contributed by atoms with van der Waals surface area (Å²) in [5, 5.41) is 8.24. The third-order valence-electron chi connectivity index (χ3n) is 1.14. The van der Waals surface area contributed by atoms with Crippen molar-refractivity contribution in [3.63, 3.8) is 0 Å². The number of halogens is 1. The van der Waals surface area contributed by atoms with Gasteiger partial charge in [-0.3, -0.25) is 4.98 Å². The van der Waals surface area contributed by atoms with Gasteiger partial charge in [-0.05, 0) is 22.0 Å². The first-order chi connectivity index (χ1) is 5.83. The van der Waals surface area contributed by atoms with E-state index in [1.807, 2.05) is 6.07 Å². The minimum Gasteiger partial charge on any atom is -0.252 e. The van der Waals surface area contributed by atoms with E-state index in [2.05, 4.69) is 25.9 Å². The van der Waals surface area contributed by atoms with E-state index < -0.39 is 0 Å². The van der Waals surface area contributed by atoms with Crippen molar-refractivity contribution in [3.8, 4) is 6.07 Å².